The van der Waals surface area contributed by atoms with E-state index in [0.29, 0.717) is 56.9 Å². The molecule has 250 valence electrons. The number of hydrazine groups is 1. The molecular weight excluding hydrogens is 638 g/mol. The normalized spacial score (nSPS) is 14.4. The van der Waals surface area contributed by atoms with E-state index in [1.807, 2.05) is 0 Å². The molecule has 8 rings (SSSR count). The zero-order valence-corrected chi connectivity index (χ0v) is 26.9. The Balaban J connectivity index is 1.28. The fraction of sp³-hybridized carbons (Fsp3) is 0.211. The average Bonchev–Trinajstić information content (AvgIpc) is 3.89. The summed E-state index contributed by atoms with van der Waals surface area (Å²) in [5.41, 5.74) is 15.9. The van der Waals surface area contributed by atoms with Crippen LogP contribution in [0.2, 0.25) is 0 Å². The molecule has 0 bridgehead atoms. The predicted molar refractivity (Wildman–Crippen MR) is 188 cm³/mol. The first-order chi connectivity index (χ1) is 24.2. The number of nitrogens with two attached hydrogens (primary N) is 2. The monoisotopic (exact) mass is 670 g/mol. The Labute approximate surface area is 285 Å². The van der Waals surface area contributed by atoms with Gasteiger partial charge >= 0.3 is 0 Å². The first-order valence-electron chi connectivity index (χ1n) is 16.5. The fourth-order valence-corrected chi connectivity index (χ4v) is 6.43. The van der Waals surface area contributed by atoms with Gasteiger partial charge in [0, 0.05) is 23.1 Å². The number of amides is 2. The van der Waals surface area contributed by atoms with E-state index >= 15 is 8.78 Å². The Hall–Kier alpha value is -6.04. The molecule has 4 N–H and O–H groups in total. The quantitative estimate of drug-likeness (QED) is 0.169. The van der Waals surface area contributed by atoms with Gasteiger partial charge in [-0.2, -0.15) is 0 Å². The number of benzene rings is 4. The van der Waals surface area contributed by atoms with E-state index in [4.69, 9.17) is 11.5 Å². The van der Waals surface area contributed by atoms with Crippen LogP contribution >= 0.6 is 0 Å². The summed E-state index contributed by atoms with van der Waals surface area (Å²) in [7, 11) is 0. The van der Waals surface area contributed by atoms with Crippen LogP contribution in [0.3, 0.4) is 0 Å². The lowest BCUT2D eigenvalue weighted by molar-refractivity contribution is -0.127. The Morgan fingerprint density at radius 3 is 1.64 bits per heavy atom. The minimum absolute atomic E-state index is 0.136. The van der Waals surface area contributed by atoms with Crippen molar-refractivity contribution in [3.63, 3.8) is 0 Å². The molecule has 2 aliphatic rings. The van der Waals surface area contributed by atoms with E-state index < -0.39 is 17.5 Å². The second-order valence-electron chi connectivity index (χ2n) is 13.0. The maximum Gasteiger partial charge on any atom is 0.249 e. The number of rotatable bonds is 7. The van der Waals surface area contributed by atoms with Crippen LogP contribution in [0.1, 0.15) is 38.5 Å². The topological polar surface area (TPSA) is 144 Å². The van der Waals surface area contributed by atoms with Crippen LogP contribution in [-0.2, 0) is 9.59 Å². The summed E-state index contributed by atoms with van der Waals surface area (Å²) in [6.07, 6.45) is 6.76. The Morgan fingerprint density at radius 1 is 0.640 bits per heavy atom. The third kappa shape index (κ3) is 5.93. The minimum atomic E-state index is -0.619. The van der Waals surface area contributed by atoms with Crippen molar-refractivity contribution in [1.29, 1.82) is 0 Å². The largest absolute Gasteiger partial charge is 0.383 e. The molecule has 12 heteroatoms. The molecule has 4 aromatic carbocycles. The molecule has 2 aromatic heterocycles. The number of nitrogen functional groups attached to an aromatic ring is 2. The molecule has 2 amide bonds. The third-order valence-corrected chi connectivity index (χ3v) is 9.51. The summed E-state index contributed by atoms with van der Waals surface area (Å²) >= 11 is 0. The highest BCUT2D eigenvalue weighted by Gasteiger charge is 2.38. The van der Waals surface area contributed by atoms with Gasteiger partial charge in [-0.05, 0) is 115 Å². The van der Waals surface area contributed by atoms with Crippen LogP contribution in [0.4, 0.5) is 31.8 Å². The van der Waals surface area contributed by atoms with Crippen molar-refractivity contribution in [2.45, 2.75) is 38.5 Å². The number of carbonyl (C=O) groups excluding carboxylic acids is 2. The zero-order chi connectivity index (χ0) is 34.5. The number of carbonyl (C=O) groups is 2. The van der Waals surface area contributed by atoms with E-state index in [1.54, 1.807) is 48.5 Å². The Kier molecular flexibility index (Phi) is 7.78. The predicted octanol–water partition coefficient (Wildman–Crippen LogP) is 7.23. The van der Waals surface area contributed by atoms with Gasteiger partial charge in [-0.25, -0.2) is 38.7 Å². The number of fused-ring (bicyclic) bond motifs is 2. The molecule has 0 saturated heterocycles. The minimum Gasteiger partial charge on any atom is -0.383 e. The average molecular weight is 671 g/mol. The lowest BCUT2D eigenvalue weighted by Gasteiger charge is -2.39. The molecule has 2 fully saturated rings. The number of hydrogen-bond donors (Lipinski definition) is 2. The fourth-order valence-electron chi connectivity index (χ4n) is 6.43. The summed E-state index contributed by atoms with van der Waals surface area (Å²) in [5.74, 6) is -1.68. The number of nitrogens with zero attached hydrogens (tertiary/aromatic N) is 6. The van der Waals surface area contributed by atoms with Crippen molar-refractivity contribution in [3.05, 3.63) is 97.1 Å². The van der Waals surface area contributed by atoms with Gasteiger partial charge in [0.1, 0.15) is 35.9 Å². The molecule has 0 radical (unpaired) electrons. The van der Waals surface area contributed by atoms with E-state index in [0.717, 1.165) is 19.3 Å². The van der Waals surface area contributed by atoms with Gasteiger partial charge in [-0.1, -0.05) is 18.6 Å². The molecule has 10 nitrogen and oxygen atoms in total. The van der Waals surface area contributed by atoms with Gasteiger partial charge in [0.15, 0.2) is 0 Å². The molecule has 2 aliphatic carbocycles. The van der Waals surface area contributed by atoms with E-state index in [1.165, 1.54) is 46.9 Å². The van der Waals surface area contributed by atoms with E-state index in [-0.39, 0.29) is 47.2 Å². The summed E-state index contributed by atoms with van der Waals surface area (Å²) in [5, 5.41) is 3.65. The lowest BCUT2D eigenvalue weighted by atomic mass is 9.84. The van der Waals surface area contributed by atoms with Crippen molar-refractivity contribution >= 4 is 56.6 Å². The van der Waals surface area contributed by atoms with E-state index in [2.05, 4.69) is 19.9 Å². The molecule has 50 heavy (non-hydrogen) atoms. The Bertz CT molecular complexity index is 2330. The maximum absolute atomic E-state index is 15.7. The van der Waals surface area contributed by atoms with Crippen molar-refractivity contribution in [2.75, 3.05) is 21.5 Å². The summed E-state index contributed by atoms with van der Waals surface area (Å²) < 4.78 is 31.3. The van der Waals surface area contributed by atoms with Crippen molar-refractivity contribution < 1.29 is 18.4 Å². The molecule has 6 aromatic rings. The molecular formula is C38H32F2N8O2. The van der Waals surface area contributed by atoms with Crippen molar-refractivity contribution in [2.24, 2.45) is 11.8 Å². The number of hydrogen-bond acceptors (Lipinski definition) is 8. The zero-order valence-electron chi connectivity index (χ0n) is 26.9. The summed E-state index contributed by atoms with van der Waals surface area (Å²) in [6, 6.07) is 19.1. The molecule has 0 unspecified atom stereocenters. The Morgan fingerprint density at radius 2 is 1.16 bits per heavy atom. The van der Waals surface area contributed by atoms with Gasteiger partial charge in [0.2, 0.25) is 11.8 Å². The second-order valence-corrected chi connectivity index (χ2v) is 13.0. The molecule has 0 aliphatic heterocycles. The number of aromatic nitrogens is 4. The summed E-state index contributed by atoms with van der Waals surface area (Å²) in [6.45, 7) is 0. The molecule has 0 atom stereocenters. The van der Waals surface area contributed by atoms with Gasteiger partial charge in [-0.15, -0.1) is 0 Å². The van der Waals surface area contributed by atoms with Gasteiger partial charge in [0.25, 0.3) is 0 Å². The molecule has 2 heterocycles. The van der Waals surface area contributed by atoms with Crippen LogP contribution in [0, 0.1) is 23.5 Å². The SMILES string of the molecule is Nc1ncnc2ccc(-c3cc(F)cc(N(C(=O)CC4CC4)N(C(=O)C4CCC4)c4cc(F)cc(-c5ccc6ncnc(N)c6c5)c4)c3)cc12. The van der Waals surface area contributed by atoms with Gasteiger partial charge < -0.3 is 11.5 Å². The van der Waals surface area contributed by atoms with Gasteiger partial charge in [0.05, 0.1) is 22.4 Å². The maximum atomic E-state index is 15.7. The van der Waals surface area contributed by atoms with Crippen molar-refractivity contribution in [3.8, 4) is 22.3 Å². The molecule has 2 saturated carbocycles. The van der Waals surface area contributed by atoms with E-state index in [9.17, 15) is 9.59 Å². The first kappa shape index (κ1) is 31.2. The number of anilines is 4. The van der Waals surface area contributed by atoms with Crippen LogP contribution < -0.4 is 21.5 Å². The number of halogens is 2. The highest BCUT2D eigenvalue weighted by Crippen LogP contribution is 2.39. The summed E-state index contributed by atoms with van der Waals surface area (Å²) in [4.78, 5) is 45.4. The van der Waals surface area contributed by atoms with Crippen LogP contribution in [0.25, 0.3) is 44.1 Å². The smallest absolute Gasteiger partial charge is 0.249 e. The van der Waals surface area contributed by atoms with Gasteiger partial charge in [-0.3, -0.25) is 9.59 Å². The lowest BCUT2D eigenvalue weighted by Crippen LogP contribution is -2.53. The molecule has 0 spiro atoms. The van der Waals surface area contributed by atoms with Crippen molar-refractivity contribution in [1.82, 2.24) is 19.9 Å². The highest BCUT2D eigenvalue weighted by molar-refractivity contribution is 6.08. The van der Waals surface area contributed by atoms with Crippen LogP contribution in [0.5, 0.6) is 0 Å². The second kappa shape index (κ2) is 12.4. The van der Waals surface area contributed by atoms with Crippen LogP contribution in [-0.4, -0.2) is 31.8 Å². The third-order valence-electron chi connectivity index (χ3n) is 9.51. The highest BCUT2D eigenvalue weighted by atomic mass is 19.1. The van der Waals surface area contributed by atoms with Crippen LogP contribution in [0.15, 0.2) is 85.5 Å². The first-order valence-corrected chi connectivity index (χ1v) is 16.5. The standard InChI is InChI=1S/C38H32F2N8O2/c39-27-11-25(23-6-8-33-31(15-23)36(41)45-19-43-33)13-29(17-27)47(35(49)10-21-4-5-21)48(38(50)22-2-1-3-22)30-14-26(12-28(40)18-30)24-7-9-34-32(16-24)37(42)46-20-44-34/h6-9,11-22H,1-5,10H2,(H2,41,43,45)(H2,42,44,46).